The molecule has 5 rings (SSSR count). The molecule has 35 heavy (non-hydrogen) atoms. The van der Waals surface area contributed by atoms with E-state index in [0.29, 0.717) is 23.0 Å². The summed E-state index contributed by atoms with van der Waals surface area (Å²) in [6.07, 6.45) is 1.22. The van der Waals surface area contributed by atoms with Gasteiger partial charge in [-0.25, -0.2) is 8.78 Å². The summed E-state index contributed by atoms with van der Waals surface area (Å²) in [5.41, 5.74) is 3.18. The lowest BCUT2D eigenvalue weighted by molar-refractivity contribution is -0.130. The molecular formula is C26H31F2N5O2. The zero-order valence-electron chi connectivity index (χ0n) is 20.1. The molecule has 2 N–H and O–H groups in total. The van der Waals surface area contributed by atoms with E-state index in [9.17, 15) is 18.4 Å². The fourth-order valence-corrected chi connectivity index (χ4v) is 5.46. The molecule has 3 aliphatic rings. The summed E-state index contributed by atoms with van der Waals surface area (Å²) in [7, 11) is 0. The number of amides is 2. The molecule has 0 saturated carbocycles. The zero-order chi connectivity index (χ0) is 24.7. The number of carbonyl (C=O) groups is 2. The molecule has 0 bridgehead atoms. The van der Waals surface area contributed by atoms with Gasteiger partial charge in [0.2, 0.25) is 11.8 Å². The van der Waals surface area contributed by atoms with Crippen molar-refractivity contribution in [3.63, 3.8) is 0 Å². The molecule has 1 unspecified atom stereocenters. The number of halogens is 2. The fourth-order valence-electron chi connectivity index (χ4n) is 5.46. The van der Waals surface area contributed by atoms with Crippen LogP contribution in [0.2, 0.25) is 0 Å². The van der Waals surface area contributed by atoms with Crippen molar-refractivity contribution in [3.05, 3.63) is 53.1 Å². The number of carbonyl (C=O) groups excluding carboxylic acids is 2. The van der Waals surface area contributed by atoms with E-state index in [4.69, 9.17) is 0 Å². The lowest BCUT2D eigenvalue weighted by Gasteiger charge is -2.37. The van der Waals surface area contributed by atoms with E-state index in [-0.39, 0.29) is 24.1 Å². The smallest absolute Gasteiger partial charge is 0.247 e. The summed E-state index contributed by atoms with van der Waals surface area (Å²) in [6, 6.07) is 7.44. The Balaban J connectivity index is 1.22. The summed E-state index contributed by atoms with van der Waals surface area (Å²) in [6.45, 7) is 8.22. The first-order chi connectivity index (χ1) is 16.8. The van der Waals surface area contributed by atoms with Gasteiger partial charge >= 0.3 is 0 Å². The van der Waals surface area contributed by atoms with Crippen molar-refractivity contribution < 1.29 is 18.4 Å². The van der Waals surface area contributed by atoms with Crippen LogP contribution in [0.3, 0.4) is 0 Å². The SMILES string of the molecule is CC(=O)N1CCN([C@@H]2CCN(c3cc(F)cc(NC(=O)C4Cc5c(F)ccc(C)c5N4)c3)C2)CC1. The Bertz CT molecular complexity index is 1120. The van der Waals surface area contributed by atoms with E-state index < -0.39 is 11.9 Å². The van der Waals surface area contributed by atoms with Crippen molar-refractivity contribution in [1.82, 2.24) is 9.80 Å². The van der Waals surface area contributed by atoms with Crippen LogP contribution in [0.1, 0.15) is 24.5 Å². The number of benzene rings is 2. The van der Waals surface area contributed by atoms with E-state index in [1.165, 1.54) is 18.2 Å². The summed E-state index contributed by atoms with van der Waals surface area (Å²) in [5, 5.41) is 5.93. The van der Waals surface area contributed by atoms with Crippen LogP contribution in [0.25, 0.3) is 0 Å². The molecule has 7 nitrogen and oxygen atoms in total. The normalized spacial score (nSPS) is 22.2. The average molecular weight is 484 g/mol. The summed E-state index contributed by atoms with van der Waals surface area (Å²) in [5.74, 6) is -0.947. The molecule has 2 atom stereocenters. The van der Waals surface area contributed by atoms with Gasteiger partial charge in [0.15, 0.2) is 0 Å². The highest BCUT2D eigenvalue weighted by molar-refractivity contribution is 5.98. The first kappa shape index (κ1) is 23.5. The van der Waals surface area contributed by atoms with Gasteiger partial charge in [-0.3, -0.25) is 14.5 Å². The van der Waals surface area contributed by atoms with Gasteiger partial charge in [-0.2, -0.15) is 0 Å². The maximum absolute atomic E-state index is 14.5. The van der Waals surface area contributed by atoms with Gasteiger partial charge in [-0.05, 0) is 43.2 Å². The Morgan fingerprint density at radius 3 is 2.54 bits per heavy atom. The van der Waals surface area contributed by atoms with Crippen molar-refractivity contribution in [1.29, 1.82) is 0 Å². The van der Waals surface area contributed by atoms with Crippen molar-refractivity contribution in [2.24, 2.45) is 0 Å². The number of hydrogen-bond donors (Lipinski definition) is 2. The second-order valence-electron chi connectivity index (χ2n) is 9.74. The number of hydrogen-bond acceptors (Lipinski definition) is 5. The molecule has 2 saturated heterocycles. The standard InChI is InChI=1S/C26H31F2N5O2/c1-16-3-4-23(28)22-14-24(30-25(16)22)26(35)29-19-11-18(27)12-21(13-19)33-6-5-20(15-33)32-9-7-31(8-10-32)17(2)34/h3-4,11-13,20,24,30H,5-10,14-15H2,1-2H3,(H,29,35)/t20-,24?/m1/s1. The van der Waals surface area contributed by atoms with Crippen LogP contribution in [0.5, 0.6) is 0 Å². The number of rotatable bonds is 4. The van der Waals surface area contributed by atoms with Gasteiger partial charge in [-0.1, -0.05) is 6.07 Å². The molecule has 3 heterocycles. The third-order valence-electron chi connectivity index (χ3n) is 7.46. The van der Waals surface area contributed by atoms with Crippen molar-refractivity contribution in [2.45, 2.75) is 38.8 Å². The molecule has 0 aromatic heterocycles. The quantitative estimate of drug-likeness (QED) is 0.700. The lowest BCUT2D eigenvalue weighted by Crippen LogP contribution is -2.52. The number of nitrogens with one attached hydrogen (secondary N) is 2. The Labute approximate surface area is 204 Å². The van der Waals surface area contributed by atoms with Gasteiger partial charge in [0.1, 0.15) is 17.7 Å². The molecule has 2 aromatic rings. The van der Waals surface area contributed by atoms with E-state index in [1.807, 2.05) is 11.8 Å². The van der Waals surface area contributed by atoms with E-state index >= 15 is 0 Å². The minimum Gasteiger partial charge on any atom is -0.373 e. The first-order valence-electron chi connectivity index (χ1n) is 12.2. The third kappa shape index (κ3) is 4.82. The Morgan fingerprint density at radius 2 is 1.83 bits per heavy atom. The van der Waals surface area contributed by atoms with Crippen LogP contribution in [0.4, 0.5) is 25.8 Å². The van der Waals surface area contributed by atoms with Crippen LogP contribution < -0.4 is 15.5 Å². The van der Waals surface area contributed by atoms with Crippen LogP contribution in [-0.2, 0) is 16.0 Å². The molecule has 0 spiro atoms. The Hall–Kier alpha value is -3.20. The third-order valence-corrected chi connectivity index (χ3v) is 7.46. The van der Waals surface area contributed by atoms with Gasteiger partial charge in [0, 0.05) is 81.3 Å². The van der Waals surface area contributed by atoms with Crippen LogP contribution in [0, 0.1) is 18.6 Å². The second kappa shape index (κ2) is 9.45. The highest BCUT2D eigenvalue weighted by Crippen LogP contribution is 2.32. The number of aryl methyl sites for hydroxylation is 1. The van der Waals surface area contributed by atoms with Gasteiger partial charge in [0.05, 0.1) is 0 Å². The predicted molar refractivity (Wildman–Crippen MR) is 132 cm³/mol. The Morgan fingerprint density at radius 1 is 1.06 bits per heavy atom. The highest BCUT2D eigenvalue weighted by atomic mass is 19.1. The van der Waals surface area contributed by atoms with Gasteiger partial charge in [-0.15, -0.1) is 0 Å². The first-order valence-corrected chi connectivity index (χ1v) is 12.2. The topological polar surface area (TPSA) is 67.9 Å². The average Bonchev–Trinajstić information content (AvgIpc) is 3.50. The van der Waals surface area contributed by atoms with Gasteiger partial charge in [0.25, 0.3) is 0 Å². The molecule has 186 valence electrons. The summed E-state index contributed by atoms with van der Waals surface area (Å²) < 4.78 is 28.7. The Kier molecular flexibility index (Phi) is 6.35. The highest BCUT2D eigenvalue weighted by Gasteiger charge is 2.32. The van der Waals surface area contributed by atoms with Crippen molar-refractivity contribution >= 4 is 28.9 Å². The predicted octanol–water partition coefficient (Wildman–Crippen LogP) is 2.99. The van der Waals surface area contributed by atoms with Crippen molar-refractivity contribution in [3.8, 4) is 0 Å². The molecular weight excluding hydrogens is 452 g/mol. The van der Waals surface area contributed by atoms with Gasteiger partial charge < -0.3 is 20.4 Å². The van der Waals surface area contributed by atoms with Crippen LogP contribution in [0.15, 0.2) is 30.3 Å². The van der Waals surface area contributed by atoms with Crippen molar-refractivity contribution in [2.75, 3.05) is 54.8 Å². The lowest BCUT2D eigenvalue weighted by atomic mass is 10.1. The minimum atomic E-state index is -0.614. The largest absolute Gasteiger partial charge is 0.373 e. The number of anilines is 3. The van der Waals surface area contributed by atoms with E-state index in [1.54, 1.807) is 19.1 Å². The maximum atomic E-state index is 14.5. The zero-order valence-corrected chi connectivity index (χ0v) is 20.1. The summed E-state index contributed by atoms with van der Waals surface area (Å²) in [4.78, 5) is 30.9. The van der Waals surface area contributed by atoms with Crippen LogP contribution in [-0.4, -0.2) is 73.0 Å². The molecule has 0 radical (unpaired) electrons. The molecule has 9 heteroatoms. The fraction of sp³-hybridized carbons (Fsp3) is 0.462. The van der Waals surface area contributed by atoms with E-state index in [2.05, 4.69) is 20.4 Å². The number of piperazine rings is 1. The van der Waals surface area contributed by atoms with Crippen LogP contribution >= 0.6 is 0 Å². The molecule has 2 aromatic carbocycles. The molecule has 2 fully saturated rings. The van der Waals surface area contributed by atoms with E-state index in [0.717, 1.165) is 56.9 Å². The second-order valence-corrected chi connectivity index (χ2v) is 9.74. The summed E-state index contributed by atoms with van der Waals surface area (Å²) >= 11 is 0. The molecule has 0 aliphatic carbocycles. The maximum Gasteiger partial charge on any atom is 0.247 e. The number of fused-ring (bicyclic) bond motifs is 1. The molecule has 2 amide bonds. The monoisotopic (exact) mass is 483 g/mol. The minimum absolute atomic E-state index is 0.115. The molecule has 3 aliphatic heterocycles. The number of nitrogens with zero attached hydrogens (tertiary/aromatic N) is 3.